The molecule has 1 aromatic carbocycles. The number of nitrogens with two attached hydrogens (primary N) is 1. The van der Waals surface area contributed by atoms with Gasteiger partial charge in [-0.2, -0.15) is 0 Å². The van der Waals surface area contributed by atoms with Crippen molar-refractivity contribution in [3.05, 3.63) is 23.8 Å². The lowest BCUT2D eigenvalue weighted by molar-refractivity contribution is -0.123. The van der Waals surface area contributed by atoms with Crippen LogP contribution in [0.2, 0.25) is 0 Å². The Bertz CT molecular complexity index is 614. The highest BCUT2D eigenvalue weighted by Gasteiger charge is 2.28. The van der Waals surface area contributed by atoms with E-state index in [4.69, 9.17) is 15.2 Å². The van der Waals surface area contributed by atoms with Crippen molar-refractivity contribution in [3.63, 3.8) is 0 Å². The smallest absolute Gasteiger partial charge is 0.258 e. The predicted molar refractivity (Wildman–Crippen MR) is 94.8 cm³/mol. The average Bonchev–Trinajstić information content (AvgIpc) is 3.41. The molecule has 2 amide bonds. The van der Waals surface area contributed by atoms with E-state index in [0.29, 0.717) is 29.5 Å². The molecular weight excluding hydrogens is 322 g/mol. The van der Waals surface area contributed by atoms with Crippen molar-refractivity contribution in [2.75, 3.05) is 20.3 Å². The van der Waals surface area contributed by atoms with Crippen LogP contribution in [0.25, 0.3) is 0 Å². The van der Waals surface area contributed by atoms with Gasteiger partial charge in [-0.3, -0.25) is 9.59 Å². The topological polar surface area (TPSA) is 103 Å². The molecule has 25 heavy (non-hydrogen) atoms. The molecule has 1 unspecified atom stereocenters. The summed E-state index contributed by atoms with van der Waals surface area (Å²) in [5, 5.41) is 5.58. The third kappa shape index (κ3) is 5.94. The van der Waals surface area contributed by atoms with Gasteiger partial charge in [0.05, 0.1) is 7.11 Å². The first-order valence-corrected chi connectivity index (χ1v) is 8.54. The minimum Gasteiger partial charge on any atom is -0.493 e. The van der Waals surface area contributed by atoms with Gasteiger partial charge in [-0.15, -0.1) is 0 Å². The van der Waals surface area contributed by atoms with Crippen LogP contribution in [0.4, 0.5) is 0 Å². The fourth-order valence-electron chi connectivity index (χ4n) is 2.44. The van der Waals surface area contributed by atoms with Gasteiger partial charge in [-0.05, 0) is 50.8 Å². The molecule has 0 radical (unpaired) electrons. The van der Waals surface area contributed by atoms with Gasteiger partial charge in [0.2, 0.25) is 0 Å². The van der Waals surface area contributed by atoms with Crippen LogP contribution in [0, 0.1) is 5.92 Å². The second-order valence-corrected chi connectivity index (χ2v) is 6.59. The Morgan fingerprint density at radius 2 is 2.00 bits per heavy atom. The van der Waals surface area contributed by atoms with E-state index in [1.54, 1.807) is 18.2 Å². The minimum absolute atomic E-state index is 0.00733. The summed E-state index contributed by atoms with van der Waals surface area (Å²) in [5.41, 5.74) is 6.45. The molecule has 7 heteroatoms. The molecule has 0 aliphatic heterocycles. The van der Waals surface area contributed by atoms with E-state index >= 15 is 0 Å². The summed E-state index contributed by atoms with van der Waals surface area (Å²) in [7, 11) is 1.49. The third-order valence-corrected chi connectivity index (χ3v) is 3.96. The number of carbonyl (C=O) groups excluding carboxylic acids is 2. The molecule has 138 valence electrons. The number of hydrogen-bond donors (Lipinski definition) is 3. The Kier molecular flexibility index (Phi) is 6.64. The zero-order valence-corrected chi connectivity index (χ0v) is 15.0. The summed E-state index contributed by atoms with van der Waals surface area (Å²) in [6.07, 6.45) is 2.28. The lowest BCUT2D eigenvalue weighted by Gasteiger charge is -2.14. The number of rotatable bonds is 9. The number of methoxy groups -OCH3 is 1. The van der Waals surface area contributed by atoms with E-state index in [1.165, 1.54) is 7.11 Å². The second-order valence-electron chi connectivity index (χ2n) is 6.59. The highest BCUT2D eigenvalue weighted by molar-refractivity contribution is 5.94. The summed E-state index contributed by atoms with van der Waals surface area (Å²) in [4.78, 5) is 23.9. The van der Waals surface area contributed by atoms with Crippen LogP contribution in [0.5, 0.6) is 11.5 Å². The first-order valence-electron chi connectivity index (χ1n) is 8.54. The first-order chi connectivity index (χ1) is 11.9. The highest BCUT2D eigenvalue weighted by Crippen LogP contribution is 2.31. The maximum atomic E-state index is 12.2. The van der Waals surface area contributed by atoms with Crippen molar-refractivity contribution in [2.45, 2.75) is 38.8 Å². The SMILES string of the molecule is COc1cc(C(=O)NCC(N)C2CC2)ccc1OCC(=O)NC(C)C. The molecule has 0 aromatic heterocycles. The van der Waals surface area contributed by atoms with Crippen LogP contribution < -0.4 is 25.8 Å². The van der Waals surface area contributed by atoms with Crippen molar-refractivity contribution in [1.29, 1.82) is 0 Å². The zero-order valence-electron chi connectivity index (χ0n) is 15.0. The zero-order chi connectivity index (χ0) is 18.4. The molecule has 1 aliphatic carbocycles. The molecule has 1 aliphatic rings. The number of hydrogen-bond acceptors (Lipinski definition) is 5. The molecule has 0 spiro atoms. The molecule has 0 heterocycles. The van der Waals surface area contributed by atoms with E-state index < -0.39 is 0 Å². The maximum Gasteiger partial charge on any atom is 0.258 e. The van der Waals surface area contributed by atoms with Gasteiger partial charge in [-0.25, -0.2) is 0 Å². The van der Waals surface area contributed by atoms with E-state index in [9.17, 15) is 9.59 Å². The molecular formula is C18H27N3O4. The predicted octanol–water partition coefficient (Wildman–Crippen LogP) is 1.07. The van der Waals surface area contributed by atoms with E-state index in [1.807, 2.05) is 13.8 Å². The van der Waals surface area contributed by atoms with Crippen LogP contribution in [0.15, 0.2) is 18.2 Å². The molecule has 0 saturated heterocycles. The third-order valence-electron chi connectivity index (χ3n) is 3.96. The molecule has 7 nitrogen and oxygen atoms in total. The van der Waals surface area contributed by atoms with Gasteiger partial charge in [0.1, 0.15) is 0 Å². The fourth-order valence-corrected chi connectivity index (χ4v) is 2.44. The lowest BCUT2D eigenvalue weighted by Crippen LogP contribution is -2.38. The fraction of sp³-hybridized carbons (Fsp3) is 0.556. The summed E-state index contributed by atoms with van der Waals surface area (Å²) in [6, 6.07) is 4.90. The number of carbonyl (C=O) groups is 2. The molecule has 1 aromatic rings. The molecule has 4 N–H and O–H groups in total. The molecule has 2 rings (SSSR count). The van der Waals surface area contributed by atoms with Crippen molar-refractivity contribution in [1.82, 2.24) is 10.6 Å². The minimum atomic E-state index is -0.215. The monoisotopic (exact) mass is 349 g/mol. The van der Waals surface area contributed by atoms with Crippen LogP contribution in [-0.2, 0) is 4.79 Å². The molecule has 0 bridgehead atoms. The van der Waals surface area contributed by atoms with Crippen molar-refractivity contribution in [2.24, 2.45) is 11.7 Å². The second kappa shape index (κ2) is 8.71. The van der Waals surface area contributed by atoms with Crippen LogP contribution in [-0.4, -0.2) is 44.2 Å². The average molecular weight is 349 g/mol. The first kappa shape index (κ1) is 19.1. The van der Waals surface area contributed by atoms with Gasteiger partial charge in [-0.1, -0.05) is 0 Å². The van der Waals surface area contributed by atoms with Crippen molar-refractivity contribution < 1.29 is 19.1 Å². The summed E-state index contributed by atoms with van der Waals surface area (Å²) in [5.74, 6) is 0.915. The van der Waals surface area contributed by atoms with Gasteiger partial charge >= 0.3 is 0 Å². The highest BCUT2D eigenvalue weighted by atomic mass is 16.5. The van der Waals surface area contributed by atoms with Crippen molar-refractivity contribution >= 4 is 11.8 Å². The Hall–Kier alpha value is -2.28. The normalized spacial score (nSPS) is 14.8. The molecule has 1 atom stereocenters. The lowest BCUT2D eigenvalue weighted by atomic mass is 10.1. The van der Waals surface area contributed by atoms with Crippen LogP contribution >= 0.6 is 0 Å². The van der Waals surface area contributed by atoms with Crippen LogP contribution in [0.1, 0.15) is 37.0 Å². The van der Waals surface area contributed by atoms with Gasteiger partial charge in [0.15, 0.2) is 18.1 Å². The molecule has 1 fully saturated rings. The Morgan fingerprint density at radius 1 is 1.28 bits per heavy atom. The Labute approximate surface area is 148 Å². The Balaban J connectivity index is 1.92. The van der Waals surface area contributed by atoms with Gasteiger partial charge in [0, 0.05) is 24.2 Å². The van der Waals surface area contributed by atoms with Gasteiger partial charge in [0.25, 0.3) is 11.8 Å². The van der Waals surface area contributed by atoms with Gasteiger partial charge < -0.3 is 25.8 Å². The standard InChI is InChI=1S/C18H27N3O4/c1-11(2)21-17(22)10-25-15-7-6-13(8-16(15)24-3)18(23)20-9-14(19)12-4-5-12/h6-8,11-12,14H,4-5,9-10,19H2,1-3H3,(H,20,23)(H,21,22). The van der Waals surface area contributed by atoms with E-state index in [-0.39, 0.29) is 30.5 Å². The van der Waals surface area contributed by atoms with E-state index in [2.05, 4.69) is 10.6 Å². The summed E-state index contributed by atoms with van der Waals surface area (Å²) in [6.45, 7) is 4.10. The van der Waals surface area contributed by atoms with Crippen molar-refractivity contribution in [3.8, 4) is 11.5 Å². The number of ether oxygens (including phenoxy) is 2. The maximum absolute atomic E-state index is 12.2. The number of benzene rings is 1. The molecule has 1 saturated carbocycles. The number of amides is 2. The largest absolute Gasteiger partial charge is 0.493 e. The van der Waals surface area contributed by atoms with E-state index in [0.717, 1.165) is 12.8 Å². The summed E-state index contributed by atoms with van der Waals surface area (Å²) >= 11 is 0. The quantitative estimate of drug-likeness (QED) is 0.619. The number of nitrogens with one attached hydrogen (secondary N) is 2. The Morgan fingerprint density at radius 3 is 2.60 bits per heavy atom. The van der Waals surface area contributed by atoms with Crippen LogP contribution in [0.3, 0.4) is 0 Å². The summed E-state index contributed by atoms with van der Waals surface area (Å²) < 4.78 is 10.7.